The Morgan fingerprint density at radius 1 is 1.29 bits per heavy atom. The third kappa shape index (κ3) is 3.38. The molecular formula is C11H11F5N4O. The van der Waals surface area contributed by atoms with Gasteiger partial charge in [-0.25, -0.2) is 4.98 Å². The molecule has 0 saturated heterocycles. The summed E-state index contributed by atoms with van der Waals surface area (Å²) in [5.41, 5.74) is -1.33. The Morgan fingerprint density at radius 2 is 2.00 bits per heavy atom. The van der Waals surface area contributed by atoms with Crippen molar-refractivity contribution in [3.05, 3.63) is 35.7 Å². The Morgan fingerprint density at radius 3 is 2.57 bits per heavy atom. The molecule has 21 heavy (non-hydrogen) atoms. The number of imidazole rings is 1. The fraction of sp³-hybridized carbons (Fsp3) is 0.455. The van der Waals surface area contributed by atoms with Crippen LogP contribution in [-0.4, -0.2) is 31.0 Å². The van der Waals surface area contributed by atoms with Crippen LogP contribution in [0.3, 0.4) is 0 Å². The molecule has 0 aliphatic heterocycles. The highest BCUT2D eigenvalue weighted by Crippen LogP contribution is 2.31. The lowest BCUT2D eigenvalue weighted by molar-refractivity contribution is -0.142. The Labute approximate surface area is 115 Å². The molecule has 0 radical (unpaired) electrons. The topological polar surface area (TPSA) is 55.9 Å². The van der Waals surface area contributed by atoms with Crippen molar-refractivity contribution in [3.63, 3.8) is 0 Å². The summed E-state index contributed by atoms with van der Waals surface area (Å²) in [5.74, 6) is -0.114. The quantitative estimate of drug-likeness (QED) is 0.860. The van der Waals surface area contributed by atoms with E-state index >= 15 is 0 Å². The summed E-state index contributed by atoms with van der Waals surface area (Å²) in [7, 11) is 0. The Balaban J connectivity index is 2.30. The molecule has 0 aromatic carbocycles. The maximum absolute atomic E-state index is 12.8. The number of aromatic nitrogens is 4. The first kappa shape index (κ1) is 15.4. The molecule has 0 atom stereocenters. The zero-order valence-corrected chi connectivity index (χ0v) is 10.6. The molecule has 0 amide bonds. The molecule has 0 unspecified atom stereocenters. The molecule has 0 aliphatic carbocycles. The number of hydrogen-bond donors (Lipinski definition) is 1. The van der Waals surface area contributed by atoms with E-state index in [0.717, 1.165) is 23.3 Å². The van der Waals surface area contributed by atoms with Gasteiger partial charge in [-0.15, -0.1) is 0 Å². The molecule has 0 saturated carbocycles. The van der Waals surface area contributed by atoms with Crippen LogP contribution in [0.2, 0.25) is 0 Å². The number of halogens is 5. The van der Waals surface area contributed by atoms with Gasteiger partial charge >= 0.3 is 12.7 Å². The van der Waals surface area contributed by atoms with Crippen LogP contribution in [0.1, 0.15) is 23.6 Å². The zero-order chi connectivity index (χ0) is 15.6. The third-order valence-corrected chi connectivity index (χ3v) is 2.75. The summed E-state index contributed by atoms with van der Waals surface area (Å²) < 4.78 is 65.0. The van der Waals surface area contributed by atoms with Gasteiger partial charge in [-0.1, -0.05) is 0 Å². The first-order valence-electron chi connectivity index (χ1n) is 5.87. The van der Waals surface area contributed by atoms with Gasteiger partial charge in [-0.2, -0.15) is 27.1 Å². The SMILES string of the molecule is OCCc1cn(Cc2nccn2C(F)F)nc1C(F)(F)F. The second-order valence-electron chi connectivity index (χ2n) is 4.20. The van der Waals surface area contributed by atoms with Crippen molar-refractivity contribution in [2.45, 2.75) is 25.7 Å². The van der Waals surface area contributed by atoms with Gasteiger partial charge < -0.3 is 5.11 Å². The smallest absolute Gasteiger partial charge is 0.396 e. The number of hydrogen-bond acceptors (Lipinski definition) is 3. The summed E-state index contributed by atoms with van der Waals surface area (Å²) in [6.45, 7) is -3.64. The minimum Gasteiger partial charge on any atom is -0.396 e. The highest BCUT2D eigenvalue weighted by molar-refractivity contribution is 5.20. The van der Waals surface area contributed by atoms with Gasteiger partial charge in [-0.3, -0.25) is 9.25 Å². The van der Waals surface area contributed by atoms with E-state index in [0.29, 0.717) is 4.57 Å². The molecule has 2 aromatic heterocycles. The molecule has 2 rings (SSSR count). The van der Waals surface area contributed by atoms with Crippen LogP contribution in [0.25, 0.3) is 0 Å². The highest BCUT2D eigenvalue weighted by atomic mass is 19.4. The standard InChI is InChI=1S/C11H11F5N4O/c12-10(13)20-3-2-17-8(20)6-19-5-7(1-4-21)9(18-19)11(14,15)16/h2-3,5,10,21H,1,4,6H2. The lowest BCUT2D eigenvalue weighted by Gasteiger charge is -2.06. The number of aliphatic hydroxyl groups is 1. The first-order chi connectivity index (χ1) is 9.82. The summed E-state index contributed by atoms with van der Waals surface area (Å²) in [5, 5.41) is 12.1. The maximum Gasteiger partial charge on any atom is 0.435 e. The molecule has 2 aromatic rings. The monoisotopic (exact) mass is 310 g/mol. The summed E-state index contributed by atoms with van der Waals surface area (Å²) in [6, 6.07) is 0. The summed E-state index contributed by atoms with van der Waals surface area (Å²) in [6.07, 6.45) is -1.66. The largest absolute Gasteiger partial charge is 0.435 e. The van der Waals surface area contributed by atoms with Crippen molar-refractivity contribution < 1.29 is 27.1 Å². The van der Waals surface area contributed by atoms with Gasteiger partial charge in [0.25, 0.3) is 0 Å². The van der Waals surface area contributed by atoms with Crippen LogP contribution in [0.5, 0.6) is 0 Å². The second kappa shape index (κ2) is 5.80. The summed E-state index contributed by atoms with van der Waals surface area (Å²) in [4.78, 5) is 3.67. The van der Waals surface area contributed by atoms with Crippen molar-refractivity contribution >= 4 is 0 Å². The van der Waals surface area contributed by atoms with Gasteiger partial charge in [0.05, 0.1) is 6.54 Å². The molecule has 2 heterocycles. The van der Waals surface area contributed by atoms with Crippen molar-refractivity contribution in [2.75, 3.05) is 6.61 Å². The Kier molecular flexibility index (Phi) is 4.26. The van der Waals surface area contributed by atoms with Crippen molar-refractivity contribution in [1.82, 2.24) is 19.3 Å². The number of aliphatic hydroxyl groups excluding tert-OH is 1. The average Bonchev–Trinajstić information content (AvgIpc) is 2.96. The summed E-state index contributed by atoms with van der Waals surface area (Å²) >= 11 is 0. The fourth-order valence-electron chi connectivity index (χ4n) is 1.87. The van der Waals surface area contributed by atoms with Crippen LogP contribution in [0, 0.1) is 0 Å². The third-order valence-electron chi connectivity index (χ3n) is 2.75. The number of alkyl halides is 5. The molecule has 116 valence electrons. The first-order valence-corrected chi connectivity index (χ1v) is 5.87. The van der Waals surface area contributed by atoms with E-state index in [2.05, 4.69) is 10.1 Å². The van der Waals surface area contributed by atoms with Gasteiger partial charge in [-0.05, 0) is 6.42 Å². The van der Waals surface area contributed by atoms with E-state index in [4.69, 9.17) is 5.11 Å². The minimum atomic E-state index is -4.67. The Bertz CT molecular complexity index is 604. The van der Waals surface area contributed by atoms with Gasteiger partial charge in [0.1, 0.15) is 5.82 Å². The fourth-order valence-corrected chi connectivity index (χ4v) is 1.87. The van der Waals surface area contributed by atoms with Crippen LogP contribution in [0.15, 0.2) is 18.6 Å². The van der Waals surface area contributed by atoms with Gasteiger partial charge in [0, 0.05) is 30.8 Å². The molecule has 0 fully saturated rings. The lowest BCUT2D eigenvalue weighted by atomic mass is 10.2. The van der Waals surface area contributed by atoms with Crippen molar-refractivity contribution in [3.8, 4) is 0 Å². The molecule has 0 spiro atoms. The molecule has 0 aliphatic rings. The Hall–Kier alpha value is -1.97. The maximum atomic E-state index is 12.8. The molecule has 1 N–H and O–H groups in total. The van der Waals surface area contributed by atoms with Crippen LogP contribution in [-0.2, 0) is 19.1 Å². The van der Waals surface area contributed by atoms with E-state index in [1.165, 1.54) is 0 Å². The van der Waals surface area contributed by atoms with E-state index in [1.54, 1.807) is 0 Å². The molecule has 0 bridgehead atoms. The van der Waals surface area contributed by atoms with Crippen molar-refractivity contribution in [2.24, 2.45) is 0 Å². The van der Waals surface area contributed by atoms with Crippen LogP contribution >= 0.6 is 0 Å². The normalized spacial score (nSPS) is 12.3. The lowest BCUT2D eigenvalue weighted by Crippen LogP contribution is -2.12. The molecule has 10 heteroatoms. The second-order valence-corrected chi connectivity index (χ2v) is 4.20. The number of nitrogens with zero attached hydrogens (tertiary/aromatic N) is 4. The van der Waals surface area contributed by atoms with E-state index in [1.807, 2.05) is 0 Å². The molecular weight excluding hydrogens is 299 g/mol. The van der Waals surface area contributed by atoms with E-state index in [-0.39, 0.29) is 24.4 Å². The van der Waals surface area contributed by atoms with E-state index in [9.17, 15) is 22.0 Å². The van der Waals surface area contributed by atoms with Crippen LogP contribution < -0.4 is 0 Å². The van der Waals surface area contributed by atoms with Gasteiger partial charge in [0.2, 0.25) is 0 Å². The molecule has 5 nitrogen and oxygen atoms in total. The minimum absolute atomic E-state index is 0.114. The predicted molar refractivity (Wildman–Crippen MR) is 60.6 cm³/mol. The van der Waals surface area contributed by atoms with E-state index < -0.39 is 25.0 Å². The van der Waals surface area contributed by atoms with Gasteiger partial charge in [0.15, 0.2) is 5.69 Å². The van der Waals surface area contributed by atoms with Crippen molar-refractivity contribution in [1.29, 1.82) is 0 Å². The average molecular weight is 310 g/mol. The zero-order valence-electron chi connectivity index (χ0n) is 10.6. The van der Waals surface area contributed by atoms with Crippen LogP contribution in [0.4, 0.5) is 22.0 Å². The predicted octanol–water partition coefficient (Wildman–Crippen LogP) is 2.08. The number of rotatable bonds is 5. The highest BCUT2D eigenvalue weighted by Gasteiger charge is 2.37.